The lowest BCUT2D eigenvalue weighted by Crippen LogP contribution is -2.46. The van der Waals surface area contributed by atoms with E-state index in [0.29, 0.717) is 48.0 Å². The van der Waals surface area contributed by atoms with Gasteiger partial charge in [-0.25, -0.2) is 19.9 Å². The number of esters is 4. The third-order valence-corrected chi connectivity index (χ3v) is 30.5. The maximum Gasteiger partial charge on any atom is 0.309 e. The van der Waals surface area contributed by atoms with Crippen LogP contribution in [0.2, 0.25) is 0 Å². The smallest absolute Gasteiger partial charge is 0.309 e. The first kappa shape index (κ1) is 125. The summed E-state index contributed by atoms with van der Waals surface area (Å²) < 4.78 is 46.7. The number of ether oxygens (including phenoxy) is 6. The summed E-state index contributed by atoms with van der Waals surface area (Å²) in [6.45, 7) is 54.6. The highest BCUT2D eigenvalue weighted by Crippen LogP contribution is 2.41. The summed E-state index contributed by atoms with van der Waals surface area (Å²) in [5.41, 5.74) is 4.98. The summed E-state index contributed by atoms with van der Waals surface area (Å²) in [5, 5.41) is 79.8. The van der Waals surface area contributed by atoms with Gasteiger partial charge in [-0.05, 0) is 182 Å². The lowest BCUT2D eigenvalue weighted by atomic mass is 9.70. The molecule has 4 aromatic heterocycles. The van der Waals surface area contributed by atoms with E-state index in [1.54, 1.807) is 128 Å². The van der Waals surface area contributed by atoms with E-state index in [1.807, 2.05) is 200 Å². The van der Waals surface area contributed by atoms with Crippen molar-refractivity contribution in [3.63, 3.8) is 0 Å². The predicted molar refractivity (Wildman–Crippen MR) is 568 cm³/mol. The van der Waals surface area contributed by atoms with Gasteiger partial charge in [0.05, 0.1) is 116 Å². The van der Waals surface area contributed by atoms with Gasteiger partial charge < -0.3 is 73.0 Å². The number of hydrogen-bond donors (Lipinski definition) is 7. The summed E-state index contributed by atoms with van der Waals surface area (Å²) in [7, 11) is 3.11. The minimum Gasteiger partial charge on any atom is -0.457 e. The molecule has 0 spiro atoms. The third-order valence-electron chi connectivity index (χ3n) is 28.8. The number of aryl methyl sites for hydroxylation is 4. The Morgan fingerprint density at radius 1 is 0.403 bits per heavy atom. The van der Waals surface area contributed by atoms with Crippen molar-refractivity contribution in [1.82, 2.24) is 19.9 Å². The number of rotatable bonds is 9. The molecule has 0 saturated carbocycles. The zero-order valence-electron chi connectivity index (χ0n) is 90.4. The van der Waals surface area contributed by atoms with E-state index in [0.717, 1.165) is 71.3 Å². The monoisotopic (exact) mass is 2040 g/mol. The Labute approximate surface area is 863 Å². The topological polar surface area (TPSA) is 411 Å². The van der Waals surface area contributed by atoms with Crippen LogP contribution in [0.1, 0.15) is 289 Å². The van der Waals surface area contributed by atoms with Crippen LogP contribution in [-0.2, 0) is 66.8 Å². The second kappa shape index (κ2) is 56.0. The highest BCUT2D eigenvalue weighted by Gasteiger charge is 2.48. The number of fused-ring (bicyclic) bond motifs is 1. The number of aliphatic hydroxyl groups excluding tert-OH is 7. The summed E-state index contributed by atoms with van der Waals surface area (Å²) in [6, 6.07) is 5.91. The van der Waals surface area contributed by atoms with Gasteiger partial charge in [0, 0.05) is 69.0 Å². The normalized spacial score (nSPS) is 33.3. The standard InChI is InChI=1S/C29H43NO6.C29H39NO5S.C28H41NO6S.C28H41NO6.CH4/c1-17-11-10-12-18(2)20(4)21(5)28(33)29(7,8)25(31)15-26(32)36-27(24(13-17)34-9)19(3)14-23-16-35-22(6)30-23;1-16-9-8-10-17(2)26(33)19(4)28(34)29(6,7)24(31)15-25(32)35-27(18(3)13-16)21-11-12-23-22(14-21)30-20(5)36-23;1-16-10-9-11-17(2)25(32)19(4)27(33)28(6,7)23(30)14-24(31)35-26(22(12-16)34-8)18(3)13-21-15-36-20(5)29-21;1-16-10-9-11-17(2)25(32)20(5)27(33)28(7,8)23(30)14-24(31)35-26(18(3)12-16)19(4)13-22-15-34-21(6)29-22;/h10-11,13-14,16,18,20-21,24-25,27,31H,12,15H2,1-9H3;8-9,11-14,17-19,24,26-27,31,33H,10,15H2,1-7H3;9-10,12-13,15,17,19,22-23,25-26,30,32H,11,14H2,1-8H3;9-10,12-13,15,17-18,20,23,25-26,30,32H,11,14H2,1-8H3;1H4/b11-10+,17-13-,19-14+;9-8+,16-13-;10-9+,16-12-,18-13+;10-9+,16-12-,19-13+;/t18-,20-,21+,24-,25-,27+;17-,18-,19+,24-,26-,27-;17-,19+,22-,23-,25-,26+;17-,18-,20+,23-,25-,26-;/m0000./s1. The third kappa shape index (κ3) is 35.4. The molecular formula is C115H168N4O23S2. The molecule has 9 rings (SSSR count). The number of carbonyl (C=O) groups is 8. The van der Waals surface area contributed by atoms with Crippen LogP contribution in [0.25, 0.3) is 28.4 Å². The van der Waals surface area contributed by atoms with Crippen molar-refractivity contribution >= 4 is 98.1 Å². The van der Waals surface area contributed by atoms with Crippen molar-refractivity contribution in [3.8, 4) is 0 Å². The van der Waals surface area contributed by atoms with Crippen LogP contribution < -0.4 is 0 Å². The van der Waals surface area contributed by atoms with E-state index in [1.165, 1.54) is 17.6 Å². The Morgan fingerprint density at radius 2 is 0.729 bits per heavy atom. The summed E-state index contributed by atoms with van der Waals surface area (Å²) in [4.78, 5) is 123. The quantitative estimate of drug-likeness (QED) is 0.0532. The molecule has 0 bridgehead atoms. The SMILES string of the molecule is C.CC1=C/[C@H](C)[C@@H](/C(C)=C/c2coc(C)n2)OC(=O)C[C@H](O)C(C)(C)C(=O)[C@H](C)[C@@H](O)[C@@H](C)C\C=C\1.CC1=C/[C@H](C)[C@@H](c2ccc3sc(C)nc3c2)OC(=O)C[C@H](O)C(C)(C)C(=O)[C@H](C)[C@@H](O)[C@@H](C)C\C=C\1.CO[C@H]1/C=C(C)\C=C\C[C@H](C)[C@H](C)[C@@H](C)C(=O)C(C)(C)[C@@H](O)CC(=O)O[C@@H]1/C(C)=C/c1coc(C)n1.CO[C@H]1/C=C(C)\C=C\C[C@H](C)[C@H](O)[C@@H](C)C(=O)C(C)(C)[C@@H](O)CC(=O)O[C@@H]1/C(C)=C/c1csc(C)n1. The summed E-state index contributed by atoms with van der Waals surface area (Å²) in [6.07, 6.45) is 22.3. The number of carbonyl (C=O) groups excluding carboxylic acids is 8. The fourth-order valence-electron chi connectivity index (χ4n) is 18.4. The number of hydrogen-bond acceptors (Lipinski definition) is 29. The fourth-order valence-corrected chi connectivity index (χ4v) is 19.7. The van der Waals surface area contributed by atoms with Crippen LogP contribution in [0.5, 0.6) is 0 Å². The Kier molecular flexibility index (Phi) is 48.6. The molecule has 4 aliphatic rings. The number of cyclic esters (lactones) is 4. The molecule has 0 fully saturated rings. The van der Waals surface area contributed by atoms with Crippen molar-refractivity contribution in [2.75, 3.05) is 14.2 Å². The van der Waals surface area contributed by atoms with Crippen molar-refractivity contribution < 1.29 is 111 Å². The molecule has 798 valence electrons. The second-order valence-corrected chi connectivity index (χ2v) is 44.9. The first-order valence-corrected chi connectivity index (χ1v) is 51.6. The van der Waals surface area contributed by atoms with E-state index in [2.05, 4.69) is 45.9 Å². The van der Waals surface area contributed by atoms with E-state index in [9.17, 15) is 74.1 Å². The van der Waals surface area contributed by atoms with Crippen molar-refractivity contribution in [2.24, 2.45) is 86.8 Å². The van der Waals surface area contributed by atoms with Gasteiger partial charge in [0.25, 0.3) is 0 Å². The molecule has 0 unspecified atom stereocenters. The number of oxazole rings is 2. The van der Waals surface area contributed by atoms with Gasteiger partial charge in [0.15, 0.2) is 24.0 Å². The van der Waals surface area contributed by atoms with Gasteiger partial charge in [-0.2, -0.15) is 0 Å². The highest BCUT2D eigenvalue weighted by atomic mass is 32.1. The lowest BCUT2D eigenvalue weighted by Gasteiger charge is -2.35. The molecule has 24 atom stereocenters. The Morgan fingerprint density at radius 3 is 1.08 bits per heavy atom. The largest absolute Gasteiger partial charge is 0.457 e. The van der Waals surface area contributed by atoms with Gasteiger partial charge in [0.1, 0.15) is 71.5 Å². The Balaban J connectivity index is 0.000000337. The zero-order valence-corrected chi connectivity index (χ0v) is 92.0. The van der Waals surface area contributed by atoms with Gasteiger partial charge in [-0.1, -0.05) is 228 Å². The fraction of sp³-hybridized carbons (Fsp3) is 0.600. The molecule has 1 aromatic carbocycles. The van der Waals surface area contributed by atoms with Gasteiger partial charge in [-0.15, -0.1) is 22.7 Å². The minimum absolute atomic E-state index is 0. The maximum atomic E-state index is 13.4. The van der Waals surface area contributed by atoms with Crippen molar-refractivity contribution in [3.05, 3.63) is 192 Å². The van der Waals surface area contributed by atoms with Crippen molar-refractivity contribution in [1.29, 1.82) is 0 Å². The zero-order chi connectivity index (χ0) is 108. The Hall–Kier alpha value is -9.50. The average Bonchev–Trinajstić information content (AvgIpc) is 1.62. The number of allylic oxidation sites excluding steroid dienone is 12. The number of aliphatic hydroxyl groups is 7. The van der Waals surface area contributed by atoms with Gasteiger partial charge >= 0.3 is 23.9 Å². The van der Waals surface area contributed by atoms with Gasteiger partial charge in [0.2, 0.25) is 0 Å². The summed E-state index contributed by atoms with van der Waals surface area (Å²) in [5.74, 6) is -5.02. The molecule has 0 aliphatic carbocycles. The molecule has 4 aliphatic heterocycles. The number of ketones is 4. The molecule has 7 N–H and O–H groups in total. The number of Topliss-reactive ketones (excluding diaryl/α,β-unsaturated/α-hetero) is 4. The number of aromatic nitrogens is 4. The Bertz CT molecular complexity index is 5320. The van der Waals surface area contributed by atoms with Crippen LogP contribution in [0, 0.1) is 114 Å². The molecular weight excluding hydrogens is 1870 g/mol. The molecule has 0 saturated heterocycles. The number of methoxy groups -OCH3 is 2. The average molecular weight is 2040 g/mol. The number of benzene rings is 1. The molecule has 0 amide bonds. The number of thiazole rings is 2. The first-order chi connectivity index (χ1) is 66.6. The molecule has 29 heteroatoms. The second-order valence-electron chi connectivity index (χ2n) is 42.6. The van der Waals surface area contributed by atoms with E-state index in [4.69, 9.17) is 37.3 Å². The van der Waals surface area contributed by atoms with Crippen molar-refractivity contribution in [2.45, 2.75) is 346 Å². The number of nitrogens with zero attached hydrogens (tertiary/aromatic N) is 4. The lowest BCUT2D eigenvalue weighted by molar-refractivity contribution is -0.159. The summed E-state index contributed by atoms with van der Waals surface area (Å²) >= 11 is 3.14. The maximum absolute atomic E-state index is 13.4. The van der Waals surface area contributed by atoms with Crippen LogP contribution in [-0.4, -0.2) is 190 Å². The van der Waals surface area contributed by atoms with Crippen LogP contribution >= 0.6 is 22.7 Å². The molecule has 144 heavy (non-hydrogen) atoms. The van der Waals surface area contributed by atoms with Crippen LogP contribution in [0.3, 0.4) is 0 Å². The molecule has 27 nitrogen and oxygen atoms in total. The minimum atomic E-state index is -1.28. The first-order valence-electron chi connectivity index (χ1n) is 49.9. The molecule has 8 heterocycles. The highest BCUT2D eigenvalue weighted by molar-refractivity contribution is 7.18. The van der Waals surface area contributed by atoms with E-state index in [-0.39, 0.29) is 104 Å². The van der Waals surface area contributed by atoms with Gasteiger partial charge in [-0.3, -0.25) is 38.4 Å². The molecule has 5 aromatic rings. The van der Waals surface area contributed by atoms with E-state index < -0.39 is 143 Å². The van der Waals surface area contributed by atoms with E-state index >= 15 is 0 Å². The molecule has 0 radical (unpaired) electrons. The van der Waals surface area contributed by atoms with Crippen LogP contribution in [0.4, 0.5) is 0 Å². The van der Waals surface area contributed by atoms with Crippen LogP contribution in [0.15, 0.2) is 157 Å². The predicted octanol–water partition coefficient (Wildman–Crippen LogP) is 21.3.